The highest BCUT2D eigenvalue weighted by Gasteiger charge is 2.12. The lowest BCUT2D eigenvalue weighted by molar-refractivity contribution is 0.856. The minimum atomic E-state index is 0.740. The molecule has 0 radical (unpaired) electrons. The Labute approximate surface area is 211 Å². The molecule has 4 aromatic carbocycles. The van der Waals surface area contributed by atoms with E-state index in [0.717, 1.165) is 34.9 Å². The van der Waals surface area contributed by atoms with Crippen LogP contribution in [0.1, 0.15) is 16.7 Å². The van der Waals surface area contributed by atoms with E-state index in [-0.39, 0.29) is 0 Å². The quantitative estimate of drug-likeness (QED) is 0.166. The highest BCUT2D eigenvalue weighted by atomic mass is 32.1. The fraction of sp³-hybridized carbons (Fsp3) is 0.0645. The summed E-state index contributed by atoms with van der Waals surface area (Å²) in [5.74, 6) is 0. The van der Waals surface area contributed by atoms with Gasteiger partial charge in [-0.15, -0.1) is 0 Å². The van der Waals surface area contributed by atoms with Crippen molar-refractivity contribution in [1.29, 1.82) is 0 Å². The van der Waals surface area contributed by atoms with Crippen molar-refractivity contribution in [2.75, 3.05) is 9.91 Å². The van der Waals surface area contributed by atoms with Gasteiger partial charge in [0, 0.05) is 17.1 Å². The Balaban J connectivity index is 1.41. The molecular formula is C31H27N3S. The number of hydrazone groups is 1. The first-order valence-corrected chi connectivity index (χ1v) is 12.6. The summed E-state index contributed by atoms with van der Waals surface area (Å²) in [6.45, 7) is 2.90. The zero-order valence-electron chi connectivity index (χ0n) is 19.7. The molecule has 5 rings (SSSR count). The third-order valence-electron chi connectivity index (χ3n) is 5.86. The summed E-state index contributed by atoms with van der Waals surface area (Å²) in [5, 5.41) is 11.3. The smallest absolute Gasteiger partial charge is 0.0677 e. The summed E-state index contributed by atoms with van der Waals surface area (Å²) < 4.78 is 0. The number of benzene rings is 4. The minimum absolute atomic E-state index is 0.740. The van der Waals surface area contributed by atoms with Crippen molar-refractivity contribution in [3.63, 3.8) is 0 Å². The minimum Gasteiger partial charge on any atom is -0.311 e. The van der Waals surface area contributed by atoms with Crippen LogP contribution in [-0.2, 0) is 6.54 Å². The normalized spacial score (nSPS) is 11.0. The van der Waals surface area contributed by atoms with Crippen LogP contribution >= 0.6 is 11.3 Å². The van der Waals surface area contributed by atoms with Crippen LogP contribution in [0.15, 0.2) is 131 Å². The van der Waals surface area contributed by atoms with Gasteiger partial charge in [-0.05, 0) is 82.9 Å². The number of para-hydroxylation sites is 3. The molecule has 0 aliphatic rings. The van der Waals surface area contributed by atoms with E-state index in [1.807, 2.05) is 24.4 Å². The Morgan fingerprint density at radius 3 is 1.66 bits per heavy atom. The molecule has 0 fully saturated rings. The number of hydrogen-bond acceptors (Lipinski definition) is 4. The van der Waals surface area contributed by atoms with Gasteiger partial charge in [0.05, 0.1) is 18.4 Å². The summed E-state index contributed by atoms with van der Waals surface area (Å²) in [6.07, 6.45) is 1.94. The second-order valence-electron chi connectivity index (χ2n) is 8.32. The maximum absolute atomic E-state index is 4.87. The molecule has 5 aromatic rings. The Morgan fingerprint density at radius 1 is 0.629 bits per heavy atom. The van der Waals surface area contributed by atoms with Crippen molar-refractivity contribution in [2.45, 2.75) is 13.5 Å². The zero-order chi connectivity index (χ0) is 23.9. The summed E-state index contributed by atoms with van der Waals surface area (Å²) in [6, 6.07) is 39.8. The number of nitrogens with zero attached hydrogens (tertiary/aromatic N) is 3. The van der Waals surface area contributed by atoms with Crippen LogP contribution in [0.25, 0.3) is 0 Å². The average Bonchev–Trinajstić information content (AvgIpc) is 3.33. The molecule has 0 unspecified atom stereocenters. The molecule has 0 amide bonds. The number of rotatable bonds is 8. The number of thiophene rings is 1. The second-order valence-corrected chi connectivity index (χ2v) is 9.06. The second kappa shape index (κ2) is 10.9. The molecule has 172 valence electrons. The third-order valence-corrected chi connectivity index (χ3v) is 6.77. The lowest BCUT2D eigenvalue weighted by Crippen LogP contribution is -2.16. The lowest BCUT2D eigenvalue weighted by Gasteiger charge is -2.25. The molecular weight excluding hydrogens is 446 g/mol. The van der Waals surface area contributed by atoms with Gasteiger partial charge in [0.15, 0.2) is 0 Å². The number of aryl methyl sites for hydroxylation is 1. The van der Waals surface area contributed by atoms with Crippen molar-refractivity contribution < 1.29 is 0 Å². The van der Waals surface area contributed by atoms with Crippen molar-refractivity contribution >= 4 is 40.3 Å². The predicted octanol–water partition coefficient (Wildman–Crippen LogP) is 8.57. The predicted molar refractivity (Wildman–Crippen MR) is 150 cm³/mol. The maximum Gasteiger partial charge on any atom is 0.0677 e. The van der Waals surface area contributed by atoms with E-state index < -0.39 is 0 Å². The monoisotopic (exact) mass is 473 g/mol. The first-order valence-electron chi connectivity index (χ1n) is 11.7. The van der Waals surface area contributed by atoms with Crippen molar-refractivity contribution in [3.8, 4) is 0 Å². The van der Waals surface area contributed by atoms with Gasteiger partial charge in [-0.1, -0.05) is 66.7 Å². The van der Waals surface area contributed by atoms with Crippen LogP contribution < -0.4 is 9.91 Å². The van der Waals surface area contributed by atoms with E-state index in [0.29, 0.717) is 0 Å². The number of anilines is 4. The first kappa shape index (κ1) is 22.6. The fourth-order valence-corrected chi connectivity index (χ4v) is 4.80. The van der Waals surface area contributed by atoms with Gasteiger partial charge in [-0.25, -0.2) is 0 Å². The highest BCUT2D eigenvalue weighted by Crippen LogP contribution is 2.34. The van der Waals surface area contributed by atoms with Gasteiger partial charge < -0.3 is 4.90 Å². The summed E-state index contributed by atoms with van der Waals surface area (Å²) in [7, 11) is 0. The van der Waals surface area contributed by atoms with E-state index in [9.17, 15) is 0 Å². The van der Waals surface area contributed by atoms with Crippen LogP contribution in [0.5, 0.6) is 0 Å². The molecule has 0 aliphatic heterocycles. The molecule has 0 saturated heterocycles. The van der Waals surface area contributed by atoms with Crippen LogP contribution in [0.2, 0.25) is 0 Å². The molecule has 1 heterocycles. The van der Waals surface area contributed by atoms with Crippen LogP contribution in [0.4, 0.5) is 22.7 Å². The molecule has 4 heteroatoms. The Morgan fingerprint density at radius 2 is 1.14 bits per heavy atom. The molecule has 0 bridgehead atoms. The fourth-order valence-electron chi connectivity index (χ4n) is 3.96. The van der Waals surface area contributed by atoms with E-state index in [1.54, 1.807) is 11.3 Å². The van der Waals surface area contributed by atoms with Crippen LogP contribution in [0.3, 0.4) is 0 Å². The van der Waals surface area contributed by atoms with Crippen LogP contribution in [0, 0.1) is 6.92 Å². The van der Waals surface area contributed by atoms with E-state index in [4.69, 9.17) is 5.10 Å². The molecule has 0 N–H and O–H groups in total. The van der Waals surface area contributed by atoms with Gasteiger partial charge in [0.25, 0.3) is 0 Å². The summed E-state index contributed by atoms with van der Waals surface area (Å²) in [5.41, 5.74) is 8.09. The van der Waals surface area contributed by atoms with E-state index in [1.165, 1.54) is 11.1 Å². The third kappa shape index (κ3) is 5.51. The van der Waals surface area contributed by atoms with E-state index in [2.05, 4.69) is 125 Å². The van der Waals surface area contributed by atoms with Crippen LogP contribution in [-0.4, -0.2) is 6.21 Å². The Bertz CT molecular complexity index is 1320. The van der Waals surface area contributed by atoms with Crippen molar-refractivity contribution in [2.24, 2.45) is 5.10 Å². The summed E-state index contributed by atoms with van der Waals surface area (Å²) in [4.78, 5) is 2.26. The molecule has 35 heavy (non-hydrogen) atoms. The molecule has 0 aliphatic carbocycles. The van der Waals surface area contributed by atoms with Crippen molar-refractivity contribution in [1.82, 2.24) is 0 Å². The number of hydrogen-bond donors (Lipinski definition) is 0. The molecule has 3 nitrogen and oxygen atoms in total. The lowest BCUT2D eigenvalue weighted by atomic mass is 10.1. The van der Waals surface area contributed by atoms with Gasteiger partial charge >= 0.3 is 0 Å². The maximum atomic E-state index is 4.87. The van der Waals surface area contributed by atoms with E-state index >= 15 is 0 Å². The van der Waals surface area contributed by atoms with Gasteiger partial charge in [-0.3, -0.25) is 5.01 Å². The topological polar surface area (TPSA) is 18.8 Å². The first-order chi connectivity index (χ1) is 17.3. The SMILES string of the molecule is Cc1cscc1CN(N=Cc1ccc(N(c2ccccc2)c2ccccc2)cc1)c1ccccc1. The molecule has 0 spiro atoms. The average molecular weight is 474 g/mol. The molecule has 1 aromatic heterocycles. The van der Waals surface area contributed by atoms with Gasteiger partial charge in [0.2, 0.25) is 0 Å². The molecule has 0 saturated carbocycles. The highest BCUT2D eigenvalue weighted by molar-refractivity contribution is 7.08. The Kier molecular flexibility index (Phi) is 7.02. The standard InChI is InChI=1S/C31H27N3S/c1-25-23-35-24-27(25)22-33(28-11-5-2-6-12-28)32-21-26-17-19-31(20-18-26)34(29-13-7-3-8-14-29)30-15-9-4-10-16-30/h2-21,23-24H,22H2,1H3. The Hall–Kier alpha value is -4.15. The summed E-state index contributed by atoms with van der Waals surface area (Å²) >= 11 is 1.74. The van der Waals surface area contributed by atoms with Gasteiger partial charge in [-0.2, -0.15) is 16.4 Å². The zero-order valence-corrected chi connectivity index (χ0v) is 20.5. The van der Waals surface area contributed by atoms with Crippen molar-refractivity contribution in [3.05, 3.63) is 143 Å². The van der Waals surface area contributed by atoms with Gasteiger partial charge in [0.1, 0.15) is 0 Å². The molecule has 0 atom stereocenters. The largest absolute Gasteiger partial charge is 0.311 e.